The van der Waals surface area contributed by atoms with Gasteiger partial charge >= 0.3 is 18.5 Å². The van der Waals surface area contributed by atoms with E-state index in [0.29, 0.717) is 12.1 Å². The molecule has 3 unspecified atom stereocenters. The maximum Gasteiger partial charge on any atom is 0.416 e. The van der Waals surface area contributed by atoms with E-state index in [9.17, 15) is 39.5 Å². The van der Waals surface area contributed by atoms with Crippen molar-refractivity contribution in [2.75, 3.05) is 0 Å². The van der Waals surface area contributed by atoms with Crippen LogP contribution in [0.1, 0.15) is 52.7 Å². The van der Waals surface area contributed by atoms with E-state index >= 15 is 0 Å². The second-order valence-corrected chi connectivity index (χ2v) is 7.91. The summed E-state index contributed by atoms with van der Waals surface area (Å²) < 4.78 is 118. The van der Waals surface area contributed by atoms with Crippen molar-refractivity contribution in [3.8, 4) is 0 Å². The summed E-state index contributed by atoms with van der Waals surface area (Å²) in [6.45, 7) is 0. The zero-order chi connectivity index (χ0) is 24.1. The Balaban J connectivity index is 1.89. The van der Waals surface area contributed by atoms with Gasteiger partial charge in [0.1, 0.15) is 0 Å². The summed E-state index contributed by atoms with van der Waals surface area (Å²) in [6, 6.07) is 1.10. The topological polar surface area (TPSA) is 38.0 Å². The molecule has 0 saturated carbocycles. The minimum Gasteiger partial charge on any atom is -0.323 e. The molecule has 32 heavy (non-hydrogen) atoms. The molecule has 0 bridgehead atoms. The van der Waals surface area contributed by atoms with Gasteiger partial charge in [-0.25, -0.2) is 0 Å². The maximum absolute atomic E-state index is 13.1. The molecule has 3 rings (SSSR count). The highest BCUT2D eigenvalue weighted by molar-refractivity contribution is 6.31. The standard InChI is InChI=1S/C20H16ClF9N2/c21-14-2-1-10(18(22,23)24)8-13(14)15-3-4-16(32-15)17(31)9-5-11(19(25,26)27)7-12(6-9)20(28,29)30/h1-2,5-8,15-17,32H,3-4,31H2. The first kappa shape index (κ1) is 24.7. The van der Waals surface area contributed by atoms with Crippen molar-refractivity contribution in [3.63, 3.8) is 0 Å². The number of hydrogen-bond acceptors (Lipinski definition) is 2. The molecule has 2 aromatic rings. The third kappa shape index (κ3) is 5.32. The maximum atomic E-state index is 13.1. The van der Waals surface area contributed by atoms with E-state index in [0.717, 1.165) is 18.2 Å². The summed E-state index contributed by atoms with van der Waals surface area (Å²) in [6.07, 6.45) is -14.2. The Bertz CT molecular complexity index is 950. The van der Waals surface area contributed by atoms with Gasteiger partial charge < -0.3 is 11.1 Å². The molecule has 0 aliphatic carbocycles. The molecule has 3 N–H and O–H groups in total. The quantitative estimate of drug-likeness (QED) is 0.460. The third-order valence-corrected chi connectivity index (χ3v) is 5.65. The van der Waals surface area contributed by atoms with Crippen LogP contribution in [0.2, 0.25) is 5.02 Å². The van der Waals surface area contributed by atoms with Crippen LogP contribution in [0, 0.1) is 0 Å². The summed E-state index contributed by atoms with van der Waals surface area (Å²) in [5.74, 6) is 0. The number of halogens is 10. The number of rotatable bonds is 3. The molecule has 1 heterocycles. The lowest BCUT2D eigenvalue weighted by Crippen LogP contribution is -2.35. The minimum absolute atomic E-state index is 0.00348. The molecule has 2 aromatic carbocycles. The molecule has 1 aliphatic heterocycles. The Kier molecular flexibility index (Phi) is 6.49. The highest BCUT2D eigenvalue weighted by Gasteiger charge is 2.39. The Hall–Kier alpha value is -1.98. The molecule has 1 saturated heterocycles. The van der Waals surface area contributed by atoms with Crippen LogP contribution in [0.5, 0.6) is 0 Å². The van der Waals surface area contributed by atoms with Gasteiger partial charge in [0.15, 0.2) is 0 Å². The molecular weight excluding hydrogens is 475 g/mol. The van der Waals surface area contributed by atoms with Crippen molar-refractivity contribution >= 4 is 11.6 Å². The molecule has 0 spiro atoms. The molecular formula is C20H16ClF9N2. The second-order valence-electron chi connectivity index (χ2n) is 7.50. The fourth-order valence-corrected chi connectivity index (χ4v) is 3.94. The largest absolute Gasteiger partial charge is 0.416 e. The van der Waals surface area contributed by atoms with Crippen molar-refractivity contribution in [2.45, 2.75) is 49.5 Å². The van der Waals surface area contributed by atoms with Crippen molar-refractivity contribution in [2.24, 2.45) is 5.73 Å². The van der Waals surface area contributed by atoms with E-state index in [4.69, 9.17) is 17.3 Å². The van der Waals surface area contributed by atoms with Crippen molar-refractivity contribution in [1.29, 1.82) is 0 Å². The predicted molar refractivity (Wildman–Crippen MR) is 98.7 cm³/mol. The first-order valence-corrected chi connectivity index (χ1v) is 9.63. The van der Waals surface area contributed by atoms with Gasteiger partial charge in [-0.15, -0.1) is 0 Å². The molecule has 0 radical (unpaired) electrons. The van der Waals surface area contributed by atoms with Crippen LogP contribution >= 0.6 is 11.6 Å². The van der Waals surface area contributed by atoms with E-state index < -0.39 is 53.3 Å². The van der Waals surface area contributed by atoms with E-state index in [2.05, 4.69) is 5.32 Å². The van der Waals surface area contributed by atoms with Crippen LogP contribution in [0.25, 0.3) is 0 Å². The van der Waals surface area contributed by atoms with Crippen LogP contribution in [0.4, 0.5) is 39.5 Å². The number of hydrogen-bond donors (Lipinski definition) is 2. The average Bonchev–Trinajstić information content (AvgIpc) is 3.15. The SMILES string of the molecule is NC(c1cc(C(F)(F)F)cc(C(F)(F)F)c1)C1CCC(c2cc(C(F)(F)F)ccc2Cl)N1. The van der Waals surface area contributed by atoms with Crippen LogP contribution in [0.3, 0.4) is 0 Å². The van der Waals surface area contributed by atoms with Crippen molar-refractivity contribution < 1.29 is 39.5 Å². The Morgan fingerprint density at radius 1 is 0.781 bits per heavy atom. The van der Waals surface area contributed by atoms with Gasteiger partial charge in [-0.2, -0.15) is 39.5 Å². The zero-order valence-corrected chi connectivity index (χ0v) is 16.7. The molecule has 176 valence electrons. The summed E-state index contributed by atoms with van der Waals surface area (Å²) in [4.78, 5) is 0. The highest BCUT2D eigenvalue weighted by atomic mass is 35.5. The summed E-state index contributed by atoms with van der Waals surface area (Å²) in [7, 11) is 0. The number of nitrogens with one attached hydrogen (secondary N) is 1. The lowest BCUT2D eigenvalue weighted by molar-refractivity contribution is -0.143. The molecule has 0 amide bonds. The van der Waals surface area contributed by atoms with Gasteiger partial charge in [-0.1, -0.05) is 11.6 Å². The van der Waals surface area contributed by atoms with Gasteiger partial charge in [-0.05, 0) is 60.4 Å². The molecule has 12 heteroatoms. The zero-order valence-electron chi connectivity index (χ0n) is 16.0. The van der Waals surface area contributed by atoms with Crippen molar-refractivity contribution in [1.82, 2.24) is 5.32 Å². The molecule has 3 atom stereocenters. The number of alkyl halides is 9. The summed E-state index contributed by atoms with van der Waals surface area (Å²) in [5, 5.41) is 2.95. The minimum atomic E-state index is -5.02. The van der Waals surface area contributed by atoms with Crippen LogP contribution < -0.4 is 11.1 Å². The molecule has 2 nitrogen and oxygen atoms in total. The second kappa shape index (κ2) is 8.42. The third-order valence-electron chi connectivity index (χ3n) is 5.31. The molecule has 1 aliphatic rings. The van der Waals surface area contributed by atoms with Gasteiger partial charge in [-0.3, -0.25) is 0 Å². The first-order valence-electron chi connectivity index (χ1n) is 9.25. The first-order chi connectivity index (χ1) is 14.6. The highest BCUT2D eigenvalue weighted by Crippen LogP contribution is 2.41. The number of nitrogens with two attached hydrogens (primary N) is 1. The summed E-state index contributed by atoms with van der Waals surface area (Å²) >= 11 is 6.02. The Morgan fingerprint density at radius 3 is 1.81 bits per heavy atom. The monoisotopic (exact) mass is 490 g/mol. The van der Waals surface area contributed by atoms with Crippen LogP contribution in [-0.2, 0) is 18.5 Å². The Labute approximate surface area is 181 Å². The normalized spacial score (nSPS) is 21.1. The van der Waals surface area contributed by atoms with Gasteiger partial charge in [0.2, 0.25) is 0 Å². The fraction of sp³-hybridized carbons (Fsp3) is 0.400. The lowest BCUT2D eigenvalue weighted by atomic mass is 9.94. The van der Waals surface area contributed by atoms with Crippen LogP contribution in [0.15, 0.2) is 36.4 Å². The van der Waals surface area contributed by atoms with Crippen molar-refractivity contribution in [3.05, 3.63) is 69.2 Å². The van der Waals surface area contributed by atoms with E-state index in [1.807, 2.05) is 0 Å². The van der Waals surface area contributed by atoms with Gasteiger partial charge in [0.25, 0.3) is 0 Å². The molecule has 0 aromatic heterocycles. The van der Waals surface area contributed by atoms with E-state index in [1.165, 1.54) is 0 Å². The smallest absolute Gasteiger partial charge is 0.323 e. The number of benzene rings is 2. The van der Waals surface area contributed by atoms with Gasteiger partial charge in [0, 0.05) is 23.1 Å². The van der Waals surface area contributed by atoms with Crippen LogP contribution in [-0.4, -0.2) is 6.04 Å². The average molecular weight is 491 g/mol. The lowest BCUT2D eigenvalue weighted by Gasteiger charge is -2.24. The van der Waals surface area contributed by atoms with E-state index in [1.54, 1.807) is 0 Å². The Morgan fingerprint density at radius 2 is 1.31 bits per heavy atom. The van der Waals surface area contributed by atoms with Gasteiger partial charge in [0.05, 0.1) is 16.7 Å². The fourth-order valence-electron chi connectivity index (χ4n) is 3.69. The molecule has 1 fully saturated rings. The van der Waals surface area contributed by atoms with E-state index in [-0.39, 0.29) is 35.1 Å². The predicted octanol–water partition coefficient (Wildman–Crippen LogP) is 6.89. The summed E-state index contributed by atoms with van der Waals surface area (Å²) in [5.41, 5.74) is 1.81.